The van der Waals surface area contributed by atoms with Crippen molar-refractivity contribution in [1.29, 1.82) is 0 Å². The van der Waals surface area contributed by atoms with Gasteiger partial charge in [-0.25, -0.2) is 0 Å². The molecule has 1 amide bonds. The Morgan fingerprint density at radius 1 is 1.40 bits per heavy atom. The molecule has 0 aliphatic carbocycles. The van der Waals surface area contributed by atoms with Gasteiger partial charge in [0.15, 0.2) is 17.6 Å². The highest BCUT2D eigenvalue weighted by atomic mass is 16.5. The molecule has 6 nitrogen and oxygen atoms in total. The van der Waals surface area contributed by atoms with E-state index in [2.05, 4.69) is 23.2 Å². The van der Waals surface area contributed by atoms with E-state index < -0.39 is 6.10 Å². The Bertz CT molecular complexity index is 577. The average molecular weight is 349 g/mol. The van der Waals surface area contributed by atoms with Gasteiger partial charge in [-0.15, -0.1) is 0 Å². The molecule has 1 aliphatic heterocycles. The van der Waals surface area contributed by atoms with E-state index in [4.69, 9.17) is 9.47 Å². The summed E-state index contributed by atoms with van der Waals surface area (Å²) in [6.45, 7) is 10.5. The van der Waals surface area contributed by atoms with Crippen LogP contribution in [0.5, 0.6) is 11.5 Å². The fourth-order valence-electron chi connectivity index (χ4n) is 3.03. The van der Waals surface area contributed by atoms with E-state index in [1.54, 1.807) is 21.0 Å². The normalized spacial score (nSPS) is 19.3. The quantitative estimate of drug-likeness (QED) is 0.813. The molecule has 1 aromatic rings. The maximum absolute atomic E-state index is 12.0. The van der Waals surface area contributed by atoms with E-state index in [9.17, 15) is 4.79 Å². The minimum absolute atomic E-state index is 0.0682. The second kappa shape index (κ2) is 9.06. The van der Waals surface area contributed by atoms with Gasteiger partial charge in [0.05, 0.1) is 6.61 Å². The molecule has 0 spiro atoms. The molecule has 6 heteroatoms. The number of benzene rings is 1. The molecule has 0 aromatic heterocycles. The van der Waals surface area contributed by atoms with Crippen LogP contribution in [0.3, 0.4) is 0 Å². The molecule has 1 aromatic carbocycles. The molecule has 25 heavy (non-hydrogen) atoms. The maximum atomic E-state index is 12.0. The van der Waals surface area contributed by atoms with Crippen LogP contribution in [0.15, 0.2) is 18.2 Å². The van der Waals surface area contributed by atoms with Crippen molar-refractivity contribution in [2.75, 3.05) is 40.3 Å². The van der Waals surface area contributed by atoms with Gasteiger partial charge in [0, 0.05) is 46.3 Å². The molecule has 0 saturated carbocycles. The van der Waals surface area contributed by atoms with Gasteiger partial charge >= 0.3 is 0 Å². The number of carbonyl (C=O) groups is 1. The number of rotatable bonds is 7. The Kier molecular flexibility index (Phi) is 7.08. The van der Waals surface area contributed by atoms with Crippen LogP contribution < -0.4 is 14.8 Å². The summed E-state index contributed by atoms with van der Waals surface area (Å²) in [6.07, 6.45) is -0.547. The molecular formula is C19H31N3O3. The van der Waals surface area contributed by atoms with Crippen molar-refractivity contribution >= 4 is 5.91 Å². The molecule has 1 fully saturated rings. The van der Waals surface area contributed by atoms with E-state index in [0.717, 1.165) is 26.2 Å². The molecule has 0 radical (unpaired) electrons. The van der Waals surface area contributed by atoms with Crippen molar-refractivity contribution in [1.82, 2.24) is 15.1 Å². The highest BCUT2D eigenvalue weighted by Gasteiger charge is 2.20. The fraction of sp³-hybridized carbons (Fsp3) is 0.632. The lowest BCUT2D eigenvalue weighted by Crippen LogP contribution is -2.48. The van der Waals surface area contributed by atoms with Crippen LogP contribution in [-0.2, 0) is 11.3 Å². The minimum Gasteiger partial charge on any atom is -0.490 e. The lowest BCUT2D eigenvalue weighted by molar-refractivity contribution is -0.135. The van der Waals surface area contributed by atoms with Crippen molar-refractivity contribution in [2.24, 2.45) is 0 Å². The number of piperazine rings is 1. The van der Waals surface area contributed by atoms with Crippen LogP contribution in [0.25, 0.3) is 0 Å². The number of likely N-dealkylation sites (N-methyl/N-ethyl adjacent to an activating group) is 1. The summed E-state index contributed by atoms with van der Waals surface area (Å²) < 4.78 is 11.6. The summed E-state index contributed by atoms with van der Waals surface area (Å²) >= 11 is 0. The van der Waals surface area contributed by atoms with E-state index >= 15 is 0 Å². The molecule has 1 heterocycles. The second-order valence-corrected chi connectivity index (χ2v) is 6.80. The summed E-state index contributed by atoms with van der Waals surface area (Å²) in [5.41, 5.74) is 1.19. The first-order valence-corrected chi connectivity index (χ1v) is 9.00. The fourth-order valence-corrected chi connectivity index (χ4v) is 3.03. The third kappa shape index (κ3) is 5.61. The van der Waals surface area contributed by atoms with Crippen LogP contribution >= 0.6 is 0 Å². The summed E-state index contributed by atoms with van der Waals surface area (Å²) in [6, 6.07) is 6.50. The highest BCUT2D eigenvalue weighted by molar-refractivity contribution is 5.80. The Labute approximate surface area is 151 Å². The van der Waals surface area contributed by atoms with Gasteiger partial charge in [0.2, 0.25) is 0 Å². The van der Waals surface area contributed by atoms with Crippen LogP contribution in [0, 0.1) is 0 Å². The van der Waals surface area contributed by atoms with Gasteiger partial charge in [-0.1, -0.05) is 6.07 Å². The minimum atomic E-state index is -0.547. The van der Waals surface area contributed by atoms with Gasteiger partial charge in [0.25, 0.3) is 5.91 Å². The average Bonchev–Trinajstić information content (AvgIpc) is 2.56. The van der Waals surface area contributed by atoms with Crippen molar-refractivity contribution < 1.29 is 14.3 Å². The molecule has 2 rings (SSSR count). The van der Waals surface area contributed by atoms with Gasteiger partial charge < -0.3 is 19.7 Å². The molecule has 2 unspecified atom stereocenters. The summed E-state index contributed by atoms with van der Waals surface area (Å²) in [7, 11) is 3.45. The van der Waals surface area contributed by atoms with Crippen LogP contribution in [-0.4, -0.2) is 68.2 Å². The molecule has 1 aliphatic rings. The predicted octanol–water partition coefficient (Wildman–Crippen LogP) is 1.73. The van der Waals surface area contributed by atoms with E-state index in [-0.39, 0.29) is 5.91 Å². The SMILES string of the molecule is CCOc1cc(CN2CCNC(C)C2)ccc1OC(C)C(=O)N(C)C. The van der Waals surface area contributed by atoms with E-state index in [1.807, 2.05) is 19.1 Å². The number of hydrogen-bond donors (Lipinski definition) is 1. The van der Waals surface area contributed by atoms with E-state index in [1.165, 1.54) is 10.5 Å². The molecule has 140 valence electrons. The molecule has 1 N–H and O–H groups in total. The van der Waals surface area contributed by atoms with E-state index in [0.29, 0.717) is 24.1 Å². The largest absolute Gasteiger partial charge is 0.490 e. The second-order valence-electron chi connectivity index (χ2n) is 6.80. The summed E-state index contributed by atoms with van der Waals surface area (Å²) in [5.74, 6) is 1.24. The van der Waals surface area contributed by atoms with Gasteiger partial charge in [-0.3, -0.25) is 9.69 Å². The molecular weight excluding hydrogens is 318 g/mol. The maximum Gasteiger partial charge on any atom is 0.262 e. The molecule has 1 saturated heterocycles. The van der Waals surface area contributed by atoms with Crippen molar-refractivity contribution in [3.8, 4) is 11.5 Å². The van der Waals surface area contributed by atoms with Gasteiger partial charge in [-0.2, -0.15) is 0 Å². The topological polar surface area (TPSA) is 54.0 Å². The number of hydrogen-bond acceptors (Lipinski definition) is 5. The number of amides is 1. The van der Waals surface area contributed by atoms with Crippen LogP contribution in [0.2, 0.25) is 0 Å². The lowest BCUT2D eigenvalue weighted by Gasteiger charge is -2.32. The number of nitrogens with zero attached hydrogens (tertiary/aromatic N) is 2. The first kappa shape index (κ1) is 19.5. The highest BCUT2D eigenvalue weighted by Crippen LogP contribution is 2.30. The van der Waals surface area contributed by atoms with Crippen molar-refractivity contribution in [3.05, 3.63) is 23.8 Å². The Morgan fingerprint density at radius 2 is 2.16 bits per heavy atom. The standard InChI is InChI=1S/C19H31N3O3/c1-6-24-18-11-16(13-22-10-9-20-14(2)12-22)7-8-17(18)25-15(3)19(23)21(4)5/h7-8,11,14-15,20H,6,9-10,12-13H2,1-5H3. The smallest absolute Gasteiger partial charge is 0.262 e. The number of carbonyl (C=O) groups excluding carboxylic acids is 1. The third-order valence-electron chi connectivity index (χ3n) is 4.26. The molecule has 2 atom stereocenters. The van der Waals surface area contributed by atoms with Gasteiger partial charge in [-0.05, 0) is 38.5 Å². The van der Waals surface area contributed by atoms with Crippen molar-refractivity contribution in [3.63, 3.8) is 0 Å². The zero-order chi connectivity index (χ0) is 18.4. The Balaban J connectivity index is 2.09. The number of ether oxygens (including phenoxy) is 2. The summed E-state index contributed by atoms with van der Waals surface area (Å²) in [5, 5.41) is 3.46. The molecule has 0 bridgehead atoms. The Morgan fingerprint density at radius 3 is 2.80 bits per heavy atom. The zero-order valence-corrected chi connectivity index (χ0v) is 16.0. The van der Waals surface area contributed by atoms with Crippen LogP contribution in [0.1, 0.15) is 26.3 Å². The zero-order valence-electron chi connectivity index (χ0n) is 16.0. The first-order chi connectivity index (χ1) is 11.9. The Hall–Kier alpha value is -1.79. The first-order valence-electron chi connectivity index (χ1n) is 9.00. The third-order valence-corrected chi connectivity index (χ3v) is 4.26. The number of nitrogens with one attached hydrogen (secondary N) is 1. The monoisotopic (exact) mass is 349 g/mol. The predicted molar refractivity (Wildman–Crippen MR) is 99.1 cm³/mol. The van der Waals surface area contributed by atoms with Gasteiger partial charge in [0.1, 0.15) is 0 Å². The van der Waals surface area contributed by atoms with Crippen LogP contribution in [0.4, 0.5) is 0 Å². The van der Waals surface area contributed by atoms with Crippen molar-refractivity contribution in [2.45, 2.75) is 39.5 Å². The lowest BCUT2D eigenvalue weighted by atomic mass is 10.1. The summed E-state index contributed by atoms with van der Waals surface area (Å²) in [4.78, 5) is 16.0.